The summed E-state index contributed by atoms with van der Waals surface area (Å²) in [6.45, 7) is 1.96. The van der Waals surface area contributed by atoms with Gasteiger partial charge in [0.05, 0.1) is 0 Å². The van der Waals surface area contributed by atoms with E-state index in [-0.39, 0.29) is 11.8 Å². The van der Waals surface area contributed by atoms with Crippen LogP contribution >= 0.6 is 11.8 Å². The lowest BCUT2D eigenvalue weighted by Gasteiger charge is -2.18. The lowest BCUT2D eigenvalue weighted by atomic mass is 10.1. The van der Waals surface area contributed by atoms with Gasteiger partial charge in [-0.25, -0.2) is 0 Å². The summed E-state index contributed by atoms with van der Waals surface area (Å²) in [5.74, 6) is -0.246. The molecule has 37 heavy (non-hydrogen) atoms. The summed E-state index contributed by atoms with van der Waals surface area (Å²) < 4.78 is 0. The van der Waals surface area contributed by atoms with Gasteiger partial charge in [0.1, 0.15) is 5.25 Å². The van der Waals surface area contributed by atoms with Gasteiger partial charge in [-0.3, -0.25) is 9.59 Å². The van der Waals surface area contributed by atoms with Crippen molar-refractivity contribution >= 4 is 45.7 Å². The molecule has 5 rings (SSSR count). The van der Waals surface area contributed by atoms with Crippen molar-refractivity contribution in [1.82, 2.24) is 0 Å². The number of hydrogen-bond acceptors (Lipinski definition) is 3. The molecule has 0 radical (unpaired) electrons. The van der Waals surface area contributed by atoms with E-state index in [1.54, 1.807) is 6.07 Å². The van der Waals surface area contributed by atoms with Gasteiger partial charge in [-0.15, -0.1) is 11.8 Å². The van der Waals surface area contributed by atoms with Crippen LogP contribution in [-0.2, 0) is 4.79 Å². The zero-order chi connectivity index (χ0) is 25.6. The Morgan fingerprint density at radius 3 is 2.11 bits per heavy atom. The molecule has 0 saturated heterocycles. The molecule has 0 heterocycles. The second-order valence-electron chi connectivity index (χ2n) is 8.81. The van der Waals surface area contributed by atoms with Crippen LogP contribution in [0.3, 0.4) is 0 Å². The van der Waals surface area contributed by atoms with Crippen LogP contribution in [0, 0.1) is 6.92 Å². The standard InChI is InChI=1S/C32H26N2O2S/c1-22-8-7-13-26(20-22)31(35)33-27-16-18-29(19-17-27)37-30(24-10-3-2-4-11-24)32(36)34-28-15-14-23-9-5-6-12-25(23)21-28/h2-21,30H,1H3,(H,33,35)(H,34,36). The quantitative estimate of drug-likeness (QED) is 0.223. The Morgan fingerprint density at radius 1 is 0.649 bits per heavy atom. The van der Waals surface area contributed by atoms with E-state index in [1.807, 2.05) is 116 Å². The van der Waals surface area contributed by atoms with Crippen molar-refractivity contribution in [3.05, 3.63) is 138 Å². The molecular formula is C32H26N2O2S. The molecule has 0 aliphatic heterocycles. The van der Waals surface area contributed by atoms with Gasteiger partial charge in [-0.05, 0) is 71.8 Å². The SMILES string of the molecule is Cc1cccc(C(=O)Nc2ccc(SC(C(=O)Nc3ccc4ccccc4c3)c3ccccc3)cc2)c1. The number of anilines is 2. The molecule has 2 N–H and O–H groups in total. The summed E-state index contributed by atoms with van der Waals surface area (Å²) in [6.07, 6.45) is 0. The lowest BCUT2D eigenvalue weighted by molar-refractivity contribution is -0.115. The van der Waals surface area contributed by atoms with Crippen LogP contribution < -0.4 is 10.6 Å². The number of benzene rings is 5. The first kappa shape index (κ1) is 24.3. The van der Waals surface area contributed by atoms with Crippen LogP contribution in [0.2, 0.25) is 0 Å². The summed E-state index contributed by atoms with van der Waals surface area (Å²) in [5.41, 5.74) is 4.04. The van der Waals surface area contributed by atoms with Crippen LogP contribution in [0.5, 0.6) is 0 Å². The number of aryl methyl sites for hydroxylation is 1. The number of fused-ring (bicyclic) bond motifs is 1. The number of carbonyl (C=O) groups is 2. The zero-order valence-corrected chi connectivity index (χ0v) is 21.2. The fourth-order valence-electron chi connectivity index (χ4n) is 4.12. The molecule has 4 nitrogen and oxygen atoms in total. The van der Waals surface area contributed by atoms with Crippen LogP contribution in [0.25, 0.3) is 10.8 Å². The molecule has 0 aliphatic carbocycles. The van der Waals surface area contributed by atoms with Gasteiger partial charge in [0.15, 0.2) is 0 Å². The van der Waals surface area contributed by atoms with Gasteiger partial charge in [0.25, 0.3) is 5.91 Å². The smallest absolute Gasteiger partial charge is 0.255 e. The molecule has 0 saturated carbocycles. The van der Waals surface area contributed by atoms with E-state index in [0.717, 1.165) is 32.5 Å². The highest BCUT2D eigenvalue weighted by atomic mass is 32.2. The Morgan fingerprint density at radius 2 is 1.35 bits per heavy atom. The van der Waals surface area contributed by atoms with Crippen molar-refractivity contribution < 1.29 is 9.59 Å². The maximum Gasteiger partial charge on any atom is 0.255 e. The summed E-state index contributed by atoms with van der Waals surface area (Å²) in [5, 5.41) is 7.80. The topological polar surface area (TPSA) is 58.2 Å². The summed E-state index contributed by atoms with van der Waals surface area (Å²) in [4.78, 5) is 27.0. The van der Waals surface area contributed by atoms with Crippen LogP contribution in [0.15, 0.2) is 126 Å². The first-order chi connectivity index (χ1) is 18.0. The number of nitrogens with one attached hydrogen (secondary N) is 2. The Balaban J connectivity index is 1.32. The number of amides is 2. The molecule has 182 valence electrons. The first-order valence-electron chi connectivity index (χ1n) is 12.0. The summed E-state index contributed by atoms with van der Waals surface area (Å²) in [7, 11) is 0. The largest absolute Gasteiger partial charge is 0.325 e. The molecule has 0 spiro atoms. The second kappa shape index (κ2) is 11.1. The van der Waals surface area contributed by atoms with Crippen LogP contribution in [-0.4, -0.2) is 11.8 Å². The molecule has 0 bridgehead atoms. The molecule has 1 atom stereocenters. The van der Waals surface area contributed by atoms with Crippen LogP contribution in [0.1, 0.15) is 26.7 Å². The predicted octanol–water partition coefficient (Wildman–Crippen LogP) is 7.87. The minimum Gasteiger partial charge on any atom is -0.325 e. The van der Waals surface area contributed by atoms with Gasteiger partial charge in [0, 0.05) is 21.8 Å². The van der Waals surface area contributed by atoms with Gasteiger partial charge < -0.3 is 10.6 Å². The Labute approximate surface area is 220 Å². The Bertz CT molecular complexity index is 1550. The number of rotatable bonds is 7. The first-order valence-corrected chi connectivity index (χ1v) is 12.9. The third-order valence-corrected chi connectivity index (χ3v) is 7.27. The molecule has 5 heteroatoms. The van der Waals surface area contributed by atoms with E-state index in [4.69, 9.17) is 0 Å². The molecular weight excluding hydrogens is 476 g/mol. The fraction of sp³-hybridized carbons (Fsp3) is 0.0625. The average Bonchev–Trinajstić information content (AvgIpc) is 2.93. The molecule has 1 unspecified atom stereocenters. The van der Waals surface area contributed by atoms with Crippen molar-refractivity contribution in [1.29, 1.82) is 0 Å². The third kappa shape index (κ3) is 6.08. The van der Waals surface area contributed by atoms with Gasteiger partial charge >= 0.3 is 0 Å². The number of hydrogen-bond donors (Lipinski definition) is 2. The van der Waals surface area contributed by atoms with E-state index in [9.17, 15) is 9.59 Å². The summed E-state index contributed by atoms with van der Waals surface area (Å²) >= 11 is 1.47. The maximum atomic E-state index is 13.5. The van der Waals surface area contributed by atoms with Crippen LogP contribution in [0.4, 0.5) is 11.4 Å². The number of thioether (sulfide) groups is 1. The Hall–Kier alpha value is -4.35. The van der Waals surface area contributed by atoms with Crippen molar-refractivity contribution in [2.24, 2.45) is 0 Å². The highest BCUT2D eigenvalue weighted by molar-refractivity contribution is 8.00. The summed E-state index contributed by atoms with van der Waals surface area (Å²) in [6, 6.07) is 38.8. The molecule has 5 aromatic rings. The van der Waals surface area contributed by atoms with E-state index in [0.29, 0.717) is 11.3 Å². The minimum atomic E-state index is -0.444. The van der Waals surface area contributed by atoms with E-state index in [2.05, 4.69) is 16.7 Å². The van der Waals surface area contributed by atoms with Crippen molar-refractivity contribution in [3.63, 3.8) is 0 Å². The minimum absolute atomic E-state index is 0.0942. The predicted molar refractivity (Wildman–Crippen MR) is 153 cm³/mol. The maximum absolute atomic E-state index is 13.5. The second-order valence-corrected chi connectivity index (χ2v) is 9.99. The number of carbonyl (C=O) groups excluding carboxylic acids is 2. The normalized spacial score (nSPS) is 11.6. The molecule has 5 aromatic carbocycles. The molecule has 0 aromatic heterocycles. The molecule has 0 fully saturated rings. The van der Waals surface area contributed by atoms with Crippen molar-refractivity contribution in [2.45, 2.75) is 17.1 Å². The fourth-order valence-corrected chi connectivity index (χ4v) is 5.14. The zero-order valence-electron chi connectivity index (χ0n) is 20.3. The van der Waals surface area contributed by atoms with Crippen molar-refractivity contribution in [3.8, 4) is 0 Å². The van der Waals surface area contributed by atoms with Gasteiger partial charge in [-0.1, -0.05) is 78.4 Å². The average molecular weight is 503 g/mol. The highest BCUT2D eigenvalue weighted by Crippen LogP contribution is 2.37. The van der Waals surface area contributed by atoms with Crippen molar-refractivity contribution in [2.75, 3.05) is 10.6 Å². The monoisotopic (exact) mass is 502 g/mol. The van der Waals surface area contributed by atoms with Gasteiger partial charge in [0.2, 0.25) is 5.91 Å². The third-order valence-electron chi connectivity index (χ3n) is 6.00. The molecule has 2 amide bonds. The van der Waals surface area contributed by atoms with E-state index < -0.39 is 5.25 Å². The Kier molecular flexibility index (Phi) is 7.33. The van der Waals surface area contributed by atoms with E-state index in [1.165, 1.54) is 11.8 Å². The highest BCUT2D eigenvalue weighted by Gasteiger charge is 2.22. The van der Waals surface area contributed by atoms with Gasteiger partial charge in [-0.2, -0.15) is 0 Å². The molecule has 0 aliphatic rings. The lowest BCUT2D eigenvalue weighted by Crippen LogP contribution is -2.19. The van der Waals surface area contributed by atoms with E-state index >= 15 is 0 Å².